The fraction of sp³-hybridized carbons (Fsp3) is 0.174. The maximum Gasteiger partial charge on any atom is 0.331 e. The number of nitrogens with zero attached hydrogens (tertiary/aromatic N) is 4. The molecular formula is C23H21F2IN6O2. The van der Waals surface area contributed by atoms with Gasteiger partial charge in [0.1, 0.15) is 45.1 Å². The highest BCUT2D eigenvalue weighted by Crippen LogP contribution is 2.37. The lowest BCUT2D eigenvalue weighted by atomic mass is 10.2. The van der Waals surface area contributed by atoms with E-state index >= 15 is 0 Å². The van der Waals surface area contributed by atoms with Crippen LogP contribution in [-0.4, -0.2) is 31.5 Å². The first-order valence-corrected chi connectivity index (χ1v) is 11.5. The topological polar surface area (TPSA) is 89.9 Å². The van der Waals surface area contributed by atoms with Crippen LogP contribution >= 0.6 is 22.6 Å². The summed E-state index contributed by atoms with van der Waals surface area (Å²) in [6, 6.07) is 8.64. The molecule has 0 amide bonds. The third-order valence-electron chi connectivity index (χ3n) is 5.32. The average molecular weight is 578 g/mol. The number of hydrogen-bond acceptors (Lipinski definition) is 5. The van der Waals surface area contributed by atoms with E-state index in [1.165, 1.54) is 51.3 Å². The molecule has 0 bridgehead atoms. The first kappa shape index (κ1) is 23.7. The molecule has 0 aliphatic rings. The third-order valence-corrected chi connectivity index (χ3v) is 6.49. The Morgan fingerprint density at radius 1 is 1.35 bits per heavy atom. The molecule has 2 aromatic carbocycles. The van der Waals surface area contributed by atoms with Crippen LogP contribution in [0.15, 0.2) is 54.1 Å². The molecule has 0 unspecified atom stereocenters. The molecule has 0 saturated carbocycles. The number of halogens is 3. The van der Waals surface area contributed by atoms with E-state index in [1.807, 2.05) is 22.6 Å². The van der Waals surface area contributed by atoms with Crippen LogP contribution in [0.25, 0.3) is 16.9 Å². The number of benzene rings is 2. The van der Waals surface area contributed by atoms with Crippen molar-refractivity contribution in [3.8, 4) is 5.75 Å². The summed E-state index contributed by atoms with van der Waals surface area (Å²) >= 11 is 1.96. The summed E-state index contributed by atoms with van der Waals surface area (Å²) in [6.07, 6.45) is 2.49. The number of rotatable bonds is 8. The normalized spacial score (nSPS) is 12.0. The molecule has 2 N–H and O–H groups in total. The molecule has 0 fully saturated rings. The van der Waals surface area contributed by atoms with Crippen LogP contribution in [0.4, 0.5) is 14.6 Å². The second-order valence-corrected chi connectivity index (χ2v) is 8.51. The lowest BCUT2D eigenvalue weighted by Crippen LogP contribution is -2.26. The Bertz CT molecular complexity index is 1470. The maximum absolute atomic E-state index is 14.9. The molecule has 0 aliphatic heterocycles. The zero-order chi connectivity index (χ0) is 24.6. The van der Waals surface area contributed by atoms with Crippen molar-refractivity contribution >= 4 is 51.5 Å². The van der Waals surface area contributed by atoms with Gasteiger partial charge in [0.25, 0.3) is 0 Å². The van der Waals surface area contributed by atoms with E-state index in [1.54, 1.807) is 19.1 Å². The molecule has 0 spiro atoms. The molecule has 34 heavy (non-hydrogen) atoms. The van der Waals surface area contributed by atoms with Gasteiger partial charge in [0.15, 0.2) is 0 Å². The Morgan fingerprint density at radius 2 is 2.12 bits per heavy atom. The largest absolute Gasteiger partial charge is 0.493 e. The molecule has 0 aliphatic carbocycles. The first-order chi connectivity index (χ1) is 16.3. The Kier molecular flexibility index (Phi) is 6.55. The number of anilines is 1. The molecule has 8 nitrogen and oxygen atoms in total. The van der Waals surface area contributed by atoms with Crippen LogP contribution in [0.1, 0.15) is 22.2 Å². The van der Waals surface area contributed by atoms with Crippen LogP contribution in [0.3, 0.4) is 0 Å². The van der Waals surface area contributed by atoms with Crippen molar-refractivity contribution < 1.29 is 13.5 Å². The standard InChI is InChI=1S/C23H21F2IN6O2/c1-4-34-19-7-5-6-15(25)20(19)21(26)32-22(18(11-27)30(3)23(32)33)29-13(2)31-12-28-16-9-8-14(24)10-17(16)31/h5-12,21,27,29H,2,4H2,1,3H3/t21-/m0/s1. The van der Waals surface area contributed by atoms with E-state index in [0.29, 0.717) is 23.4 Å². The van der Waals surface area contributed by atoms with Crippen molar-refractivity contribution in [3.63, 3.8) is 0 Å². The second-order valence-electron chi connectivity index (χ2n) is 7.33. The average Bonchev–Trinajstić information content (AvgIpc) is 3.32. The van der Waals surface area contributed by atoms with Crippen molar-refractivity contribution in [2.24, 2.45) is 7.05 Å². The Balaban J connectivity index is 1.84. The molecule has 4 rings (SSSR count). The zero-order valence-electron chi connectivity index (χ0n) is 18.3. The molecular weight excluding hydrogens is 557 g/mol. The van der Waals surface area contributed by atoms with Gasteiger partial charge in [-0.1, -0.05) is 35.2 Å². The molecule has 2 aromatic heterocycles. The van der Waals surface area contributed by atoms with Crippen LogP contribution < -0.4 is 15.7 Å². The van der Waals surface area contributed by atoms with Gasteiger partial charge >= 0.3 is 5.69 Å². The summed E-state index contributed by atoms with van der Waals surface area (Å²) in [4.78, 5) is 17.5. The van der Waals surface area contributed by atoms with Gasteiger partial charge in [-0.2, -0.15) is 0 Å². The van der Waals surface area contributed by atoms with Gasteiger partial charge in [-0.25, -0.2) is 18.6 Å². The quantitative estimate of drug-likeness (QED) is 0.180. The number of alkyl halides is 1. The van der Waals surface area contributed by atoms with Gasteiger partial charge in [0, 0.05) is 19.3 Å². The fourth-order valence-corrected chi connectivity index (χ4v) is 4.82. The van der Waals surface area contributed by atoms with Crippen LogP contribution in [0.5, 0.6) is 5.75 Å². The summed E-state index contributed by atoms with van der Waals surface area (Å²) in [7, 11) is 1.52. The number of aromatic nitrogens is 4. The minimum atomic E-state index is -0.819. The van der Waals surface area contributed by atoms with Gasteiger partial charge in [0.2, 0.25) is 0 Å². The maximum atomic E-state index is 14.9. The second kappa shape index (κ2) is 9.41. The predicted molar refractivity (Wildman–Crippen MR) is 136 cm³/mol. The monoisotopic (exact) mass is 578 g/mol. The van der Waals surface area contributed by atoms with E-state index < -0.39 is 21.4 Å². The van der Waals surface area contributed by atoms with Gasteiger partial charge in [-0.15, -0.1) is 0 Å². The van der Waals surface area contributed by atoms with Gasteiger partial charge < -0.3 is 15.5 Å². The fourth-order valence-electron chi connectivity index (χ4n) is 3.69. The molecule has 176 valence electrons. The summed E-state index contributed by atoms with van der Waals surface area (Å²) in [5.74, 6) is -0.170. The summed E-state index contributed by atoms with van der Waals surface area (Å²) < 4.78 is 37.7. The number of imidazole rings is 2. The van der Waals surface area contributed by atoms with Crippen LogP contribution in [0.2, 0.25) is 0 Å². The highest BCUT2D eigenvalue weighted by molar-refractivity contribution is 14.1. The minimum absolute atomic E-state index is 0.193. The first-order valence-electron chi connectivity index (χ1n) is 10.2. The van der Waals surface area contributed by atoms with Gasteiger partial charge in [-0.05, 0) is 31.2 Å². The van der Waals surface area contributed by atoms with Crippen LogP contribution in [-0.2, 0) is 7.05 Å². The van der Waals surface area contributed by atoms with Crippen molar-refractivity contribution in [2.75, 3.05) is 11.9 Å². The lowest BCUT2D eigenvalue weighted by molar-refractivity contribution is 0.333. The van der Waals surface area contributed by atoms with E-state index in [4.69, 9.17) is 10.1 Å². The Morgan fingerprint density at radius 3 is 2.82 bits per heavy atom. The lowest BCUT2D eigenvalue weighted by Gasteiger charge is -2.20. The van der Waals surface area contributed by atoms with Gasteiger partial charge in [0.05, 0.1) is 23.2 Å². The van der Waals surface area contributed by atoms with Crippen molar-refractivity contribution in [2.45, 2.75) is 11.0 Å². The molecule has 0 saturated heterocycles. The SMILES string of the molecule is C=C(Nc1c(C=N)n(C)c(=O)n1[C@H](I)c1c(F)cccc1OCC)n1cnc2ccc(F)cc21. The van der Waals surface area contributed by atoms with E-state index in [9.17, 15) is 13.6 Å². The van der Waals surface area contributed by atoms with Crippen molar-refractivity contribution in [1.29, 1.82) is 5.41 Å². The number of ether oxygens (including phenoxy) is 1. The highest BCUT2D eigenvalue weighted by Gasteiger charge is 2.27. The highest BCUT2D eigenvalue weighted by atomic mass is 127. The number of hydrogen-bond donors (Lipinski definition) is 2. The van der Waals surface area contributed by atoms with Gasteiger partial charge in [-0.3, -0.25) is 13.7 Å². The summed E-state index contributed by atoms with van der Waals surface area (Å²) in [5, 5.41) is 10.9. The molecule has 2 heterocycles. The molecule has 11 heteroatoms. The molecule has 0 radical (unpaired) electrons. The van der Waals surface area contributed by atoms with Crippen molar-refractivity contribution in [3.05, 3.63) is 82.7 Å². The number of fused-ring (bicyclic) bond motifs is 1. The van der Waals surface area contributed by atoms with E-state index in [2.05, 4.69) is 16.9 Å². The van der Waals surface area contributed by atoms with E-state index in [0.717, 1.165) is 6.21 Å². The van der Waals surface area contributed by atoms with E-state index in [-0.39, 0.29) is 22.9 Å². The molecule has 4 aromatic rings. The molecule has 1 atom stereocenters. The van der Waals surface area contributed by atoms with Crippen molar-refractivity contribution in [1.82, 2.24) is 18.7 Å². The summed E-state index contributed by atoms with van der Waals surface area (Å²) in [6.45, 7) is 6.12. The predicted octanol–water partition coefficient (Wildman–Crippen LogP) is 4.73. The smallest absolute Gasteiger partial charge is 0.331 e. The Labute approximate surface area is 207 Å². The number of nitrogens with one attached hydrogen (secondary N) is 2. The Hall–Kier alpha value is -3.48. The summed E-state index contributed by atoms with van der Waals surface area (Å²) in [5.41, 5.74) is 0.996. The minimum Gasteiger partial charge on any atom is -0.493 e. The van der Waals surface area contributed by atoms with Crippen LogP contribution in [0, 0.1) is 17.0 Å². The zero-order valence-corrected chi connectivity index (χ0v) is 20.5. The third kappa shape index (κ3) is 4.00.